The van der Waals surface area contributed by atoms with Gasteiger partial charge in [-0.15, -0.1) is 0 Å². The number of nitrogens with one attached hydrogen (secondary N) is 2. The number of anilines is 2. The van der Waals surface area contributed by atoms with Gasteiger partial charge in [0, 0.05) is 18.0 Å². The zero-order chi connectivity index (χ0) is 12.1. The quantitative estimate of drug-likeness (QED) is 0.723. The Morgan fingerprint density at radius 3 is 3.00 bits per heavy atom. The Bertz CT molecular complexity index is 389. The van der Waals surface area contributed by atoms with Crippen LogP contribution in [0.25, 0.3) is 0 Å². The van der Waals surface area contributed by atoms with Crippen molar-refractivity contribution in [3.05, 3.63) is 24.3 Å². The molecule has 17 heavy (non-hydrogen) atoms. The molecule has 0 bridgehead atoms. The molecular formula is C12H16N2O3. The smallest absolute Gasteiger partial charge is 0.250 e. The number of aliphatic hydroxyl groups excluding tert-OH is 1. The van der Waals surface area contributed by atoms with E-state index in [1.165, 1.54) is 0 Å². The lowest BCUT2D eigenvalue weighted by molar-refractivity contribution is -0.118. The first-order chi connectivity index (χ1) is 8.28. The third-order valence-electron chi connectivity index (χ3n) is 2.59. The van der Waals surface area contributed by atoms with E-state index in [0.29, 0.717) is 18.3 Å². The van der Waals surface area contributed by atoms with E-state index in [-0.39, 0.29) is 0 Å². The molecule has 1 amide bonds. The van der Waals surface area contributed by atoms with Gasteiger partial charge in [0.25, 0.3) is 0 Å². The molecule has 1 aliphatic heterocycles. The van der Waals surface area contributed by atoms with Crippen LogP contribution in [0.5, 0.6) is 0 Å². The van der Waals surface area contributed by atoms with Crippen molar-refractivity contribution in [3.8, 4) is 0 Å². The van der Waals surface area contributed by atoms with Crippen LogP contribution in [-0.2, 0) is 9.53 Å². The number of rotatable bonds is 4. The van der Waals surface area contributed by atoms with Crippen molar-refractivity contribution < 1.29 is 14.6 Å². The number of ether oxygens (including phenoxy) is 1. The molecule has 1 atom stereocenters. The lowest BCUT2D eigenvalue weighted by Gasteiger charge is -2.13. The summed E-state index contributed by atoms with van der Waals surface area (Å²) in [5.41, 5.74) is 1.62. The van der Waals surface area contributed by atoms with E-state index in [1.807, 2.05) is 18.2 Å². The maximum Gasteiger partial charge on any atom is 0.250 e. The van der Waals surface area contributed by atoms with Crippen LogP contribution in [0.1, 0.15) is 6.42 Å². The molecule has 3 N–H and O–H groups in total. The van der Waals surface area contributed by atoms with Gasteiger partial charge in [-0.25, -0.2) is 0 Å². The highest BCUT2D eigenvalue weighted by Gasteiger charge is 2.14. The van der Waals surface area contributed by atoms with Crippen molar-refractivity contribution in [2.24, 2.45) is 0 Å². The molecule has 0 spiro atoms. The lowest BCUT2D eigenvalue weighted by atomic mass is 10.2. The SMILES string of the molecule is O=C(CO)Nc1cccc(NC2CCOC2)c1. The van der Waals surface area contributed by atoms with Gasteiger partial charge in [0.15, 0.2) is 0 Å². The standard InChI is InChI=1S/C12H16N2O3/c15-7-12(16)14-10-3-1-2-9(6-10)13-11-4-5-17-8-11/h1-3,6,11,13,15H,4-5,7-8H2,(H,14,16). The molecule has 0 radical (unpaired) electrons. The molecule has 1 saturated heterocycles. The zero-order valence-electron chi connectivity index (χ0n) is 9.48. The molecular weight excluding hydrogens is 220 g/mol. The first-order valence-corrected chi connectivity index (χ1v) is 5.63. The summed E-state index contributed by atoms with van der Waals surface area (Å²) in [5, 5.41) is 14.6. The monoisotopic (exact) mass is 236 g/mol. The molecule has 1 aromatic carbocycles. The first-order valence-electron chi connectivity index (χ1n) is 5.63. The molecule has 0 saturated carbocycles. The summed E-state index contributed by atoms with van der Waals surface area (Å²) in [5.74, 6) is -0.411. The van der Waals surface area contributed by atoms with E-state index in [2.05, 4.69) is 10.6 Å². The van der Waals surface area contributed by atoms with Crippen molar-refractivity contribution in [1.29, 1.82) is 0 Å². The minimum atomic E-state index is -0.506. The zero-order valence-corrected chi connectivity index (χ0v) is 9.48. The molecule has 92 valence electrons. The summed E-state index contributed by atoms with van der Waals surface area (Å²) in [6.07, 6.45) is 0.993. The van der Waals surface area contributed by atoms with E-state index in [0.717, 1.165) is 18.7 Å². The molecule has 5 nitrogen and oxygen atoms in total. The molecule has 0 aliphatic carbocycles. The molecule has 2 rings (SSSR count). The third kappa shape index (κ3) is 3.44. The van der Waals surface area contributed by atoms with Crippen LogP contribution in [0.15, 0.2) is 24.3 Å². The molecule has 1 aromatic rings. The molecule has 5 heteroatoms. The van der Waals surface area contributed by atoms with E-state index in [4.69, 9.17) is 9.84 Å². The number of hydrogen-bond donors (Lipinski definition) is 3. The number of benzene rings is 1. The second kappa shape index (κ2) is 5.65. The van der Waals surface area contributed by atoms with Crippen LogP contribution < -0.4 is 10.6 Å². The molecule has 1 unspecified atom stereocenters. The Morgan fingerprint density at radius 2 is 2.29 bits per heavy atom. The van der Waals surface area contributed by atoms with Crippen LogP contribution in [0.2, 0.25) is 0 Å². The lowest BCUT2D eigenvalue weighted by Crippen LogP contribution is -2.19. The Hall–Kier alpha value is -1.59. The predicted molar refractivity (Wildman–Crippen MR) is 65.0 cm³/mol. The second-order valence-corrected chi connectivity index (χ2v) is 3.99. The van der Waals surface area contributed by atoms with Crippen molar-refractivity contribution in [2.75, 3.05) is 30.5 Å². The highest BCUT2D eigenvalue weighted by molar-refractivity contribution is 5.91. The average Bonchev–Trinajstić information content (AvgIpc) is 2.82. The van der Waals surface area contributed by atoms with Gasteiger partial charge in [0.2, 0.25) is 5.91 Å². The van der Waals surface area contributed by atoms with E-state index >= 15 is 0 Å². The van der Waals surface area contributed by atoms with Crippen LogP contribution >= 0.6 is 0 Å². The van der Waals surface area contributed by atoms with Gasteiger partial charge >= 0.3 is 0 Å². The third-order valence-corrected chi connectivity index (χ3v) is 2.59. The highest BCUT2D eigenvalue weighted by atomic mass is 16.5. The van der Waals surface area contributed by atoms with Gasteiger partial charge in [-0.05, 0) is 24.6 Å². The number of amides is 1. The van der Waals surface area contributed by atoms with Crippen LogP contribution in [-0.4, -0.2) is 36.9 Å². The second-order valence-electron chi connectivity index (χ2n) is 3.99. The van der Waals surface area contributed by atoms with Gasteiger partial charge in [0.05, 0.1) is 12.6 Å². The number of carbonyl (C=O) groups excluding carboxylic acids is 1. The number of hydrogen-bond acceptors (Lipinski definition) is 4. The fourth-order valence-electron chi connectivity index (χ4n) is 1.77. The summed E-state index contributed by atoms with van der Waals surface area (Å²) in [6.45, 7) is 1.000. The average molecular weight is 236 g/mol. The van der Waals surface area contributed by atoms with Gasteiger partial charge in [-0.3, -0.25) is 4.79 Å². The normalized spacial score (nSPS) is 19.0. The van der Waals surface area contributed by atoms with Gasteiger partial charge < -0.3 is 20.5 Å². The molecule has 1 fully saturated rings. The van der Waals surface area contributed by atoms with Crippen LogP contribution in [0.3, 0.4) is 0 Å². The molecule has 0 aromatic heterocycles. The van der Waals surface area contributed by atoms with Gasteiger partial charge in [0.1, 0.15) is 6.61 Å². The van der Waals surface area contributed by atoms with Crippen molar-refractivity contribution in [2.45, 2.75) is 12.5 Å². The first kappa shape index (κ1) is 11.9. The summed E-state index contributed by atoms with van der Waals surface area (Å²) >= 11 is 0. The van der Waals surface area contributed by atoms with E-state index in [9.17, 15) is 4.79 Å². The van der Waals surface area contributed by atoms with E-state index < -0.39 is 12.5 Å². The minimum absolute atomic E-state index is 0.332. The highest BCUT2D eigenvalue weighted by Crippen LogP contribution is 2.18. The van der Waals surface area contributed by atoms with Gasteiger partial charge in [-0.2, -0.15) is 0 Å². The van der Waals surface area contributed by atoms with Crippen molar-refractivity contribution in [1.82, 2.24) is 0 Å². The van der Waals surface area contributed by atoms with Crippen molar-refractivity contribution in [3.63, 3.8) is 0 Å². The molecule has 1 aliphatic rings. The van der Waals surface area contributed by atoms with Gasteiger partial charge in [-0.1, -0.05) is 6.07 Å². The summed E-state index contributed by atoms with van der Waals surface area (Å²) in [6, 6.07) is 7.74. The summed E-state index contributed by atoms with van der Waals surface area (Å²) in [7, 11) is 0. The van der Waals surface area contributed by atoms with Crippen LogP contribution in [0, 0.1) is 0 Å². The largest absolute Gasteiger partial charge is 0.387 e. The van der Waals surface area contributed by atoms with Crippen LogP contribution in [0.4, 0.5) is 11.4 Å². The Kier molecular flexibility index (Phi) is 3.95. The Labute approximate surface area is 99.8 Å². The predicted octanol–water partition coefficient (Wildman–Crippen LogP) is 0.818. The Morgan fingerprint density at radius 1 is 1.47 bits per heavy atom. The fraction of sp³-hybridized carbons (Fsp3) is 0.417. The number of carbonyl (C=O) groups is 1. The number of aliphatic hydroxyl groups is 1. The fourth-order valence-corrected chi connectivity index (χ4v) is 1.77. The maximum absolute atomic E-state index is 11.0. The minimum Gasteiger partial charge on any atom is -0.387 e. The molecule has 1 heterocycles. The Balaban J connectivity index is 1.97. The summed E-state index contributed by atoms with van der Waals surface area (Å²) in [4.78, 5) is 11.0. The van der Waals surface area contributed by atoms with Crippen molar-refractivity contribution >= 4 is 17.3 Å². The maximum atomic E-state index is 11.0. The summed E-state index contributed by atoms with van der Waals surface area (Å²) < 4.78 is 5.28. The topological polar surface area (TPSA) is 70.6 Å². The van der Waals surface area contributed by atoms with E-state index in [1.54, 1.807) is 6.07 Å².